The first-order valence-corrected chi connectivity index (χ1v) is 6.61. The number of thioether (sulfide) groups is 1. The monoisotopic (exact) mass is 277 g/mol. The van der Waals surface area contributed by atoms with Crippen molar-refractivity contribution in [3.05, 3.63) is 59.2 Å². The van der Waals surface area contributed by atoms with Crippen LogP contribution in [-0.4, -0.2) is 16.1 Å². The summed E-state index contributed by atoms with van der Waals surface area (Å²) in [5.74, 6) is -0.757. The average molecular weight is 277 g/mol. The van der Waals surface area contributed by atoms with Crippen LogP contribution in [0.2, 0.25) is 0 Å². The molecule has 0 radical (unpaired) electrons. The van der Waals surface area contributed by atoms with Crippen molar-refractivity contribution < 1.29 is 14.3 Å². The maximum atomic E-state index is 13.0. The minimum Gasteiger partial charge on any atom is -0.478 e. The number of carboxylic acid groups (broad SMARTS) is 1. The van der Waals surface area contributed by atoms with Crippen LogP contribution < -0.4 is 0 Å². The topological polar surface area (TPSA) is 50.2 Å². The van der Waals surface area contributed by atoms with Gasteiger partial charge in [-0.2, -0.15) is 0 Å². The molecule has 3 nitrogen and oxygen atoms in total. The zero-order chi connectivity index (χ0) is 13.8. The maximum absolute atomic E-state index is 13.0. The average Bonchev–Trinajstić information content (AvgIpc) is 2.37. The largest absolute Gasteiger partial charge is 0.478 e. The Morgan fingerprint density at radius 3 is 2.84 bits per heavy atom. The first-order chi connectivity index (χ1) is 9.06. The van der Waals surface area contributed by atoms with Crippen LogP contribution in [0.3, 0.4) is 0 Å². The van der Waals surface area contributed by atoms with E-state index in [0.29, 0.717) is 11.3 Å². The highest BCUT2D eigenvalue weighted by Gasteiger charge is 2.08. The summed E-state index contributed by atoms with van der Waals surface area (Å²) < 4.78 is 13.0. The van der Waals surface area contributed by atoms with Crippen LogP contribution in [0.15, 0.2) is 41.6 Å². The summed E-state index contributed by atoms with van der Waals surface area (Å²) in [7, 11) is 0. The highest BCUT2D eigenvalue weighted by Crippen LogP contribution is 2.25. The van der Waals surface area contributed by atoms with Crippen molar-refractivity contribution in [3.8, 4) is 0 Å². The number of carbonyl (C=O) groups is 1. The smallest absolute Gasteiger partial charge is 0.335 e. The molecule has 0 saturated carbocycles. The lowest BCUT2D eigenvalue weighted by Crippen LogP contribution is -1.99. The Hall–Kier alpha value is -1.88. The van der Waals surface area contributed by atoms with E-state index >= 15 is 0 Å². The van der Waals surface area contributed by atoms with Gasteiger partial charge in [0.2, 0.25) is 0 Å². The fourth-order valence-corrected chi connectivity index (χ4v) is 2.48. The van der Waals surface area contributed by atoms with Crippen LogP contribution in [0, 0.1) is 12.7 Å². The Morgan fingerprint density at radius 2 is 2.16 bits per heavy atom. The molecule has 2 aromatic rings. The third kappa shape index (κ3) is 3.54. The zero-order valence-electron chi connectivity index (χ0n) is 10.3. The summed E-state index contributed by atoms with van der Waals surface area (Å²) in [4.78, 5) is 15.6. The molecular weight excluding hydrogens is 265 g/mol. The summed E-state index contributed by atoms with van der Waals surface area (Å²) in [5.41, 5.74) is 1.79. The van der Waals surface area contributed by atoms with Gasteiger partial charge in [0.1, 0.15) is 5.82 Å². The van der Waals surface area contributed by atoms with Crippen molar-refractivity contribution in [2.75, 3.05) is 0 Å². The van der Waals surface area contributed by atoms with E-state index in [1.165, 1.54) is 17.8 Å². The van der Waals surface area contributed by atoms with Crippen molar-refractivity contribution in [1.29, 1.82) is 0 Å². The lowest BCUT2D eigenvalue weighted by atomic mass is 10.1. The zero-order valence-corrected chi connectivity index (χ0v) is 11.1. The van der Waals surface area contributed by atoms with Gasteiger partial charge in [0.05, 0.1) is 11.8 Å². The summed E-state index contributed by atoms with van der Waals surface area (Å²) in [6.45, 7) is 1.76. The third-order valence-electron chi connectivity index (χ3n) is 2.61. The number of nitrogens with zero attached hydrogens (tertiary/aromatic N) is 1. The van der Waals surface area contributed by atoms with Crippen LogP contribution in [0.5, 0.6) is 0 Å². The van der Waals surface area contributed by atoms with E-state index < -0.39 is 5.97 Å². The van der Waals surface area contributed by atoms with Crippen molar-refractivity contribution in [2.24, 2.45) is 0 Å². The van der Waals surface area contributed by atoms with E-state index in [1.54, 1.807) is 25.3 Å². The van der Waals surface area contributed by atoms with E-state index in [-0.39, 0.29) is 5.82 Å². The number of aromatic carboxylic acids is 1. The van der Waals surface area contributed by atoms with Crippen molar-refractivity contribution in [2.45, 2.75) is 17.6 Å². The van der Waals surface area contributed by atoms with E-state index in [4.69, 9.17) is 5.11 Å². The van der Waals surface area contributed by atoms with Gasteiger partial charge in [-0.15, -0.1) is 11.8 Å². The van der Waals surface area contributed by atoms with Crippen molar-refractivity contribution >= 4 is 17.7 Å². The van der Waals surface area contributed by atoms with E-state index in [1.807, 2.05) is 6.07 Å². The molecule has 1 aromatic heterocycles. The number of aromatic nitrogens is 1. The van der Waals surface area contributed by atoms with Crippen molar-refractivity contribution in [3.63, 3.8) is 0 Å². The van der Waals surface area contributed by atoms with Crippen molar-refractivity contribution in [1.82, 2.24) is 4.98 Å². The molecule has 0 fully saturated rings. The number of rotatable bonds is 4. The van der Waals surface area contributed by atoms with Gasteiger partial charge in [0, 0.05) is 16.8 Å². The molecule has 0 aliphatic carbocycles. The Kier molecular flexibility index (Phi) is 4.16. The molecule has 2 rings (SSSR count). The fourth-order valence-electron chi connectivity index (χ4n) is 1.62. The maximum Gasteiger partial charge on any atom is 0.335 e. The SMILES string of the molecule is Cc1ccc(SCc2cncc(F)c2)cc1C(=O)O. The number of aryl methyl sites for hydroxylation is 1. The third-order valence-corrected chi connectivity index (χ3v) is 3.67. The summed E-state index contributed by atoms with van der Waals surface area (Å²) in [5, 5.41) is 9.04. The normalized spacial score (nSPS) is 10.4. The van der Waals surface area contributed by atoms with Crippen LogP contribution >= 0.6 is 11.8 Å². The van der Waals surface area contributed by atoms with Gasteiger partial charge in [-0.3, -0.25) is 4.98 Å². The predicted molar refractivity (Wildman–Crippen MR) is 71.9 cm³/mol. The number of benzene rings is 1. The first-order valence-electron chi connectivity index (χ1n) is 5.62. The molecule has 0 atom stereocenters. The molecule has 0 unspecified atom stereocenters. The van der Waals surface area contributed by atoms with Gasteiger partial charge in [-0.1, -0.05) is 6.07 Å². The highest BCUT2D eigenvalue weighted by atomic mass is 32.2. The predicted octanol–water partition coefficient (Wildman–Crippen LogP) is 3.52. The Morgan fingerprint density at radius 1 is 1.37 bits per heavy atom. The van der Waals surface area contributed by atoms with Gasteiger partial charge in [-0.05, 0) is 36.2 Å². The van der Waals surface area contributed by atoms with Crippen LogP contribution in [0.25, 0.3) is 0 Å². The van der Waals surface area contributed by atoms with Gasteiger partial charge in [-0.25, -0.2) is 9.18 Å². The van der Waals surface area contributed by atoms with Gasteiger partial charge in [0.25, 0.3) is 0 Å². The second kappa shape index (κ2) is 5.84. The highest BCUT2D eigenvalue weighted by molar-refractivity contribution is 7.98. The van der Waals surface area contributed by atoms with Gasteiger partial charge >= 0.3 is 5.97 Å². The molecule has 0 bridgehead atoms. The minimum absolute atomic E-state index is 0.294. The molecule has 1 heterocycles. The Labute approximate surface area is 114 Å². The Balaban J connectivity index is 2.12. The minimum atomic E-state index is -0.938. The standard InChI is InChI=1S/C14H12FNO2S/c1-9-2-3-12(5-13(9)14(17)18)19-8-10-4-11(15)7-16-6-10/h2-7H,8H2,1H3,(H,17,18). The molecule has 1 N–H and O–H groups in total. The number of carboxylic acids is 1. The number of halogens is 1. The van der Waals surface area contributed by atoms with Gasteiger partial charge in [0.15, 0.2) is 0 Å². The first kappa shape index (κ1) is 13.5. The number of hydrogen-bond donors (Lipinski definition) is 1. The molecule has 98 valence electrons. The molecule has 1 aromatic carbocycles. The van der Waals surface area contributed by atoms with Crippen LogP contribution in [0.1, 0.15) is 21.5 Å². The molecule has 0 saturated heterocycles. The summed E-state index contributed by atoms with van der Waals surface area (Å²) >= 11 is 1.45. The quantitative estimate of drug-likeness (QED) is 0.869. The molecule has 0 aliphatic rings. The molecule has 19 heavy (non-hydrogen) atoms. The fraction of sp³-hybridized carbons (Fsp3) is 0.143. The number of hydrogen-bond acceptors (Lipinski definition) is 3. The molecule has 5 heteroatoms. The van der Waals surface area contributed by atoms with Gasteiger partial charge < -0.3 is 5.11 Å². The lowest BCUT2D eigenvalue weighted by molar-refractivity contribution is 0.0696. The molecule has 0 aliphatic heterocycles. The molecule has 0 spiro atoms. The van der Waals surface area contributed by atoms with Crippen LogP contribution in [0.4, 0.5) is 4.39 Å². The van der Waals surface area contributed by atoms with E-state index in [9.17, 15) is 9.18 Å². The second-order valence-electron chi connectivity index (χ2n) is 4.08. The summed E-state index contributed by atoms with van der Waals surface area (Å²) in [6, 6.07) is 6.69. The van der Waals surface area contributed by atoms with E-state index in [2.05, 4.69) is 4.98 Å². The molecular formula is C14H12FNO2S. The molecule has 0 amide bonds. The number of pyridine rings is 1. The van der Waals surface area contributed by atoms with Crippen LogP contribution in [-0.2, 0) is 5.75 Å². The summed E-state index contributed by atoms with van der Waals surface area (Å²) in [6.07, 6.45) is 2.75. The lowest BCUT2D eigenvalue weighted by Gasteiger charge is -2.05. The Bertz CT molecular complexity index is 616. The second-order valence-corrected chi connectivity index (χ2v) is 5.13. The van der Waals surface area contributed by atoms with E-state index in [0.717, 1.165) is 22.2 Å².